The van der Waals surface area contributed by atoms with E-state index in [4.69, 9.17) is 12.2 Å². The van der Waals surface area contributed by atoms with Gasteiger partial charge in [-0.15, -0.1) is 11.3 Å². The highest BCUT2D eigenvalue weighted by molar-refractivity contribution is 7.80. The van der Waals surface area contributed by atoms with Crippen molar-refractivity contribution in [3.63, 3.8) is 0 Å². The summed E-state index contributed by atoms with van der Waals surface area (Å²) in [5.41, 5.74) is 7.72. The van der Waals surface area contributed by atoms with Gasteiger partial charge in [0.2, 0.25) is 5.91 Å². The van der Waals surface area contributed by atoms with Crippen molar-refractivity contribution in [2.45, 2.75) is 51.0 Å². The van der Waals surface area contributed by atoms with Crippen LogP contribution in [0.3, 0.4) is 0 Å². The summed E-state index contributed by atoms with van der Waals surface area (Å²) < 4.78 is 1.71. The summed E-state index contributed by atoms with van der Waals surface area (Å²) in [5, 5.41) is 14.8. The fourth-order valence-electron chi connectivity index (χ4n) is 4.08. The van der Waals surface area contributed by atoms with Gasteiger partial charge >= 0.3 is 0 Å². The lowest BCUT2D eigenvalue weighted by atomic mass is 9.91. The van der Waals surface area contributed by atoms with Gasteiger partial charge in [0.15, 0.2) is 5.11 Å². The number of thiophene rings is 1. The Kier molecular flexibility index (Phi) is 6.24. The van der Waals surface area contributed by atoms with Gasteiger partial charge < -0.3 is 16.0 Å². The number of thiocarbonyl (C=S) groups is 1. The van der Waals surface area contributed by atoms with Crippen LogP contribution in [0, 0.1) is 11.8 Å². The minimum atomic E-state index is -0.0790. The lowest BCUT2D eigenvalue weighted by Crippen LogP contribution is -2.46. The topological polar surface area (TPSA) is 112 Å². The van der Waals surface area contributed by atoms with E-state index in [9.17, 15) is 9.59 Å². The van der Waals surface area contributed by atoms with Crippen molar-refractivity contribution in [2.75, 3.05) is 17.3 Å². The van der Waals surface area contributed by atoms with Crippen molar-refractivity contribution in [1.29, 1.82) is 0 Å². The van der Waals surface area contributed by atoms with E-state index in [2.05, 4.69) is 31.9 Å². The van der Waals surface area contributed by atoms with Crippen LogP contribution in [0.15, 0.2) is 12.3 Å². The Balaban J connectivity index is 1.27. The lowest BCUT2D eigenvalue weighted by Gasteiger charge is -2.25. The molecule has 3 aliphatic carbocycles. The smallest absolute Gasteiger partial charge is 0.254 e. The van der Waals surface area contributed by atoms with E-state index in [-0.39, 0.29) is 23.8 Å². The van der Waals surface area contributed by atoms with Crippen molar-refractivity contribution < 1.29 is 9.59 Å². The first kappa shape index (κ1) is 22.1. The van der Waals surface area contributed by atoms with Gasteiger partial charge in [-0.05, 0) is 68.6 Å². The van der Waals surface area contributed by atoms with Crippen LogP contribution in [0.25, 0.3) is 0 Å². The maximum atomic E-state index is 13.2. The summed E-state index contributed by atoms with van der Waals surface area (Å²) in [7, 11) is 1.84. The molecule has 2 amide bonds. The first-order valence-corrected chi connectivity index (χ1v) is 12.7. The molecule has 5 rings (SSSR count). The van der Waals surface area contributed by atoms with Crippen LogP contribution in [-0.2, 0) is 24.7 Å². The highest BCUT2D eigenvalue weighted by atomic mass is 32.1. The number of hydrazine groups is 1. The minimum Gasteiger partial charge on any atom is -0.358 e. The van der Waals surface area contributed by atoms with Gasteiger partial charge in [-0.1, -0.05) is 0 Å². The molecule has 176 valence electrons. The van der Waals surface area contributed by atoms with Gasteiger partial charge in [0, 0.05) is 36.5 Å². The highest BCUT2D eigenvalue weighted by Crippen LogP contribution is 2.40. The predicted molar refractivity (Wildman–Crippen MR) is 132 cm³/mol. The first-order chi connectivity index (χ1) is 16.0. The number of aryl methyl sites for hydroxylation is 2. The van der Waals surface area contributed by atoms with Crippen molar-refractivity contribution in [1.82, 2.24) is 25.8 Å². The van der Waals surface area contributed by atoms with Gasteiger partial charge in [-0.2, -0.15) is 5.10 Å². The molecule has 2 heterocycles. The number of anilines is 2. The molecule has 1 atom stereocenters. The van der Waals surface area contributed by atoms with Crippen LogP contribution in [-0.4, -0.2) is 39.3 Å². The zero-order valence-corrected chi connectivity index (χ0v) is 20.2. The van der Waals surface area contributed by atoms with E-state index in [0.717, 1.165) is 37.1 Å². The van der Waals surface area contributed by atoms with Gasteiger partial charge in [0.25, 0.3) is 5.91 Å². The average Bonchev–Trinajstić information content (AvgIpc) is 3.71. The Morgan fingerprint density at radius 2 is 2.06 bits per heavy atom. The van der Waals surface area contributed by atoms with Crippen molar-refractivity contribution in [3.05, 3.63) is 28.3 Å². The normalized spacial score (nSPS) is 19.4. The molecule has 2 aromatic rings. The van der Waals surface area contributed by atoms with E-state index < -0.39 is 0 Å². The summed E-state index contributed by atoms with van der Waals surface area (Å²) in [5.74, 6) is 1.44. The molecule has 0 unspecified atom stereocenters. The second-order valence-electron chi connectivity index (χ2n) is 9.13. The average molecular weight is 488 g/mol. The Morgan fingerprint density at radius 3 is 2.76 bits per heavy atom. The molecular weight excluding hydrogens is 458 g/mol. The maximum absolute atomic E-state index is 13.2. The summed E-state index contributed by atoms with van der Waals surface area (Å²) >= 11 is 7.01. The number of fused-ring (bicyclic) bond motifs is 1. The number of hydrogen-bond acceptors (Lipinski definition) is 6. The van der Waals surface area contributed by atoms with Crippen LogP contribution in [0.2, 0.25) is 0 Å². The van der Waals surface area contributed by atoms with Gasteiger partial charge in [0.05, 0.1) is 11.8 Å². The number of amides is 2. The van der Waals surface area contributed by atoms with Crippen LogP contribution in [0.1, 0.15) is 52.9 Å². The van der Waals surface area contributed by atoms with Crippen LogP contribution < -0.4 is 26.8 Å². The van der Waals surface area contributed by atoms with Gasteiger partial charge in [-0.3, -0.25) is 25.1 Å². The SMILES string of the molecule is Cn1nccc1NNC(=S)N[C@H]1CCc2sc(NC(=O)C3CC3)c(C(=O)NCC3CC3)c2C1. The molecule has 0 aliphatic heterocycles. The molecule has 2 fully saturated rings. The number of carbonyl (C=O) groups is 2. The van der Waals surface area contributed by atoms with Crippen molar-refractivity contribution in [2.24, 2.45) is 18.9 Å². The first-order valence-electron chi connectivity index (χ1n) is 11.5. The summed E-state index contributed by atoms with van der Waals surface area (Å²) in [4.78, 5) is 26.8. The molecule has 0 radical (unpaired) electrons. The van der Waals surface area contributed by atoms with Crippen LogP contribution >= 0.6 is 23.6 Å². The van der Waals surface area contributed by atoms with Gasteiger partial charge in [0.1, 0.15) is 10.8 Å². The third kappa shape index (κ3) is 5.30. The third-order valence-electron chi connectivity index (χ3n) is 6.38. The van der Waals surface area contributed by atoms with E-state index in [0.29, 0.717) is 34.6 Å². The molecule has 0 bridgehead atoms. The molecule has 0 aromatic carbocycles. The standard InChI is InChI=1S/C22H29N7O2S2/c1-29-17(8-9-24-29)27-28-22(32)25-14-6-7-16-15(10-14)18(20(31)23-11-12-2-3-12)21(33-16)26-19(30)13-4-5-13/h8-9,12-14,27H,2-7,10-11H2,1H3,(H,23,31)(H,26,30)(H2,25,28,32)/t14-/m0/s1. The highest BCUT2D eigenvalue weighted by Gasteiger charge is 2.34. The summed E-state index contributed by atoms with van der Waals surface area (Å²) in [6.07, 6.45) is 8.36. The molecule has 2 aromatic heterocycles. The van der Waals surface area contributed by atoms with Gasteiger partial charge in [-0.25, -0.2) is 0 Å². The quantitative estimate of drug-likeness (QED) is 0.287. The van der Waals surface area contributed by atoms with E-state index in [1.54, 1.807) is 22.2 Å². The van der Waals surface area contributed by atoms with E-state index >= 15 is 0 Å². The lowest BCUT2D eigenvalue weighted by molar-refractivity contribution is -0.117. The number of carbonyl (C=O) groups excluding carboxylic acids is 2. The molecule has 5 N–H and O–H groups in total. The molecule has 0 spiro atoms. The van der Waals surface area contributed by atoms with Crippen molar-refractivity contribution in [3.8, 4) is 0 Å². The fraction of sp³-hybridized carbons (Fsp3) is 0.545. The summed E-state index contributed by atoms with van der Waals surface area (Å²) in [6, 6.07) is 1.94. The zero-order valence-electron chi connectivity index (χ0n) is 18.6. The molecule has 3 aliphatic rings. The monoisotopic (exact) mass is 487 g/mol. The third-order valence-corrected chi connectivity index (χ3v) is 7.81. The van der Waals surface area contributed by atoms with Crippen molar-refractivity contribution >= 4 is 51.3 Å². The molecule has 9 nitrogen and oxygen atoms in total. The van der Waals surface area contributed by atoms with E-state index in [1.807, 2.05) is 13.1 Å². The Bertz CT molecular complexity index is 1070. The number of aromatic nitrogens is 2. The van der Waals surface area contributed by atoms with Crippen LogP contribution in [0.4, 0.5) is 10.8 Å². The Labute approximate surface area is 202 Å². The molecular formula is C22H29N7O2S2. The minimum absolute atomic E-state index is 0.0335. The molecule has 33 heavy (non-hydrogen) atoms. The second-order valence-corrected chi connectivity index (χ2v) is 10.6. The fourth-order valence-corrected chi connectivity index (χ4v) is 5.54. The Morgan fingerprint density at radius 1 is 1.24 bits per heavy atom. The van der Waals surface area contributed by atoms with Crippen LogP contribution in [0.5, 0.6) is 0 Å². The molecule has 11 heteroatoms. The second kappa shape index (κ2) is 9.30. The number of hydrogen-bond donors (Lipinski definition) is 5. The number of nitrogens with one attached hydrogen (secondary N) is 5. The Hall–Kier alpha value is -2.66. The maximum Gasteiger partial charge on any atom is 0.254 e. The zero-order chi connectivity index (χ0) is 22.9. The molecule has 0 saturated heterocycles. The predicted octanol–water partition coefficient (Wildman–Crippen LogP) is 2.32. The number of nitrogens with zero attached hydrogens (tertiary/aromatic N) is 2. The molecule has 2 saturated carbocycles. The largest absolute Gasteiger partial charge is 0.358 e. The summed E-state index contributed by atoms with van der Waals surface area (Å²) in [6.45, 7) is 0.703. The number of rotatable bonds is 8. The van der Waals surface area contributed by atoms with E-state index in [1.165, 1.54) is 17.7 Å².